The van der Waals surface area contributed by atoms with Crippen LogP contribution in [0.3, 0.4) is 0 Å². The van der Waals surface area contributed by atoms with Crippen molar-refractivity contribution < 1.29 is 0 Å². The van der Waals surface area contributed by atoms with Gasteiger partial charge in [0.15, 0.2) is 0 Å². The van der Waals surface area contributed by atoms with Crippen LogP contribution in [-0.2, 0) is 0 Å². The summed E-state index contributed by atoms with van der Waals surface area (Å²) in [6.45, 7) is 4.21. The van der Waals surface area contributed by atoms with Gasteiger partial charge >= 0.3 is 0 Å². The van der Waals surface area contributed by atoms with Crippen molar-refractivity contribution in [2.45, 2.75) is 13.8 Å². The fourth-order valence-corrected chi connectivity index (χ4v) is 1.69. The molecule has 0 atom stereocenters. The molecule has 0 radical (unpaired) electrons. The lowest BCUT2D eigenvalue weighted by Crippen LogP contribution is -2.08. The summed E-state index contributed by atoms with van der Waals surface area (Å²) in [6, 6.07) is 17.1. The van der Waals surface area contributed by atoms with Crippen LogP contribution in [0.1, 0.15) is 11.1 Å². The number of hydrogen-bond donors (Lipinski definition) is 0. The Morgan fingerprint density at radius 1 is 0.647 bits per heavy atom. The van der Waals surface area contributed by atoms with E-state index in [-0.39, 0.29) is 7.43 Å². The number of rotatable bonds is 2. The number of benzene rings is 2. The molecule has 0 saturated heterocycles. The average molecular weight is 226 g/mol. The van der Waals surface area contributed by atoms with Gasteiger partial charge in [0.1, 0.15) is 0 Å². The normalized spacial score (nSPS) is 9.59. The van der Waals surface area contributed by atoms with Gasteiger partial charge in [-0.25, -0.2) is 0 Å². The average Bonchev–Trinajstić information content (AvgIpc) is 2.30. The summed E-state index contributed by atoms with van der Waals surface area (Å²) in [5.74, 6) is 0. The highest BCUT2D eigenvalue weighted by atomic mass is 15.1. The van der Waals surface area contributed by atoms with E-state index in [0.717, 1.165) is 0 Å². The lowest BCUT2D eigenvalue weighted by atomic mass is 10.2. The van der Waals surface area contributed by atoms with Crippen molar-refractivity contribution in [2.75, 3.05) is 11.9 Å². The summed E-state index contributed by atoms with van der Waals surface area (Å²) in [4.78, 5) is 2.19. The molecule has 2 aromatic carbocycles. The Hall–Kier alpha value is -1.76. The van der Waals surface area contributed by atoms with Crippen LogP contribution in [0.15, 0.2) is 48.5 Å². The van der Waals surface area contributed by atoms with Gasteiger partial charge < -0.3 is 12.3 Å². The highest BCUT2D eigenvalue weighted by molar-refractivity contribution is 5.62. The van der Waals surface area contributed by atoms with E-state index in [2.05, 4.69) is 74.3 Å². The Kier molecular flexibility index (Phi) is 4.33. The zero-order chi connectivity index (χ0) is 11.5. The molecule has 0 heterocycles. The van der Waals surface area contributed by atoms with E-state index < -0.39 is 0 Å². The van der Waals surface area contributed by atoms with E-state index in [1.165, 1.54) is 22.5 Å². The molecule has 0 aliphatic carbocycles. The van der Waals surface area contributed by atoms with Crippen LogP contribution in [0.2, 0.25) is 0 Å². The second kappa shape index (κ2) is 5.53. The van der Waals surface area contributed by atoms with Crippen LogP contribution in [0.4, 0.5) is 11.4 Å². The molecule has 1 heteroatoms. The predicted octanol–water partition coefficient (Wildman–Crippen LogP) is 4.52. The summed E-state index contributed by atoms with van der Waals surface area (Å²) in [5, 5.41) is 0. The van der Waals surface area contributed by atoms with Crippen LogP contribution < -0.4 is 4.90 Å². The first-order valence-corrected chi connectivity index (χ1v) is 5.54. The lowest BCUT2D eigenvalue weighted by molar-refractivity contribution is 1.20. The summed E-state index contributed by atoms with van der Waals surface area (Å²) in [7, 11) is 2.09. The molecule has 2 aromatic rings. The Balaban J connectivity index is 0.00000144. The Labute approximate surface area is 105 Å². The van der Waals surface area contributed by atoms with Gasteiger partial charge in [0.2, 0.25) is 0 Å². The van der Waals surface area contributed by atoms with Crippen molar-refractivity contribution >= 4 is 11.4 Å². The lowest BCUT2D eigenvalue weighted by Gasteiger charge is -2.19. The second-order valence-corrected chi connectivity index (χ2v) is 4.23. The van der Waals surface area contributed by atoms with E-state index >= 15 is 0 Å². The molecule has 0 N–H and O–H groups in total. The van der Waals surface area contributed by atoms with Crippen LogP contribution in [0, 0.1) is 21.3 Å². The maximum atomic E-state index is 2.19. The van der Waals surface area contributed by atoms with Gasteiger partial charge in [-0.15, -0.1) is 0 Å². The third-order valence-corrected chi connectivity index (χ3v) is 2.84. The molecule has 0 unspecified atom stereocenters. The molecule has 0 spiro atoms. The number of hydrogen-bond acceptors (Lipinski definition) is 1. The molecular weight excluding hydrogens is 206 g/mol. The van der Waals surface area contributed by atoms with E-state index in [1.807, 2.05) is 0 Å². The summed E-state index contributed by atoms with van der Waals surface area (Å²) < 4.78 is 0. The quantitative estimate of drug-likeness (QED) is 0.680. The highest BCUT2D eigenvalue weighted by Crippen LogP contribution is 2.23. The molecule has 17 heavy (non-hydrogen) atoms. The van der Waals surface area contributed by atoms with Crippen molar-refractivity contribution in [3.8, 4) is 0 Å². The summed E-state index contributed by atoms with van der Waals surface area (Å²) in [5.41, 5.74) is 5.02. The molecule has 0 aliphatic rings. The fraction of sp³-hybridized carbons (Fsp3) is 0.188. The monoisotopic (exact) mass is 226 g/mol. The molecule has 0 fully saturated rings. The zero-order valence-corrected chi connectivity index (χ0v) is 11.1. The van der Waals surface area contributed by atoms with Crippen molar-refractivity contribution in [1.82, 2.24) is 0 Å². The predicted molar refractivity (Wildman–Crippen MR) is 76.8 cm³/mol. The second-order valence-electron chi connectivity index (χ2n) is 4.23. The third kappa shape index (κ3) is 3.10. The minimum atomic E-state index is 0. The Morgan fingerprint density at radius 3 is 1.24 bits per heavy atom. The van der Waals surface area contributed by atoms with Gasteiger partial charge in [-0.1, -0.05) is 35.4 Å². The van der Waals surface area contributed by atoms with E-state index in [9.17, 15) is 0 Å². The number of nitrogens with zero attached hydrogens (tertiary/aromatic N) is 1. The van der Waals surface area contributed by atoms with Gasteiger partial charge in [0, 0.05) is 18.4 Å². The van der Waals surface area contributed by atoms with Crippen LogP contribution >= 0.6 is 0 Å². The van der Waals surface area contributed by atoms with E-state index in [4.69, 9.17) is 0 Å². The smallest absolute Gasteiger partial charge is 0.0408 e. The van der Waals surface area contributed by atoms with Gasteiger partial charge in [-0.2, -0.15) is 0 Å². The molecule has 90 valence electrons. The molecule has 1 nitrogen and oxygen atoms in total. The molecule has 0 saturated carbocycles. The van der Waals surface area contributed by atoms with Crippen LogP contribution in [0.25, 0.3) is 0 Å². The Bertz CT molecular complexity index is 408. The first kappa shape index (κ1) is 13.3. The van der Waals surface area contributed by atoms with Crippen molar-refractivity contribution in [3.05, 3.63) is 67.1 Å². The zero-order valence-electron chi connectivity index (χ0n) is 11.1. The molecule has 2 rings (SSSR count). The van der Waals surface area contributed by atoms with E-state index in [0.29, 0.717) is 0 Å². The van der Waals surface area contributed by atoms with Crippen LogP contribution in [-0.4, -0.2) is 7.05 Å². The maximum absolute atomic E-state index is 2.19. The topological polar surface area (TPSA) is 3.24 Å². The fourth-order valence-electron chi connectivity index (χ4n) is 1.69. The van der Waals surface area contributed by atoms with Gasteiger partial charge in [-0.3, -0.25) is 0 Å². The minimum Gasteiger partial charge on any atom is -0.358 e. The van der Waals surface area contributed by atoms with Crippen molar-refractivity contribution in [3.63, 3.8) is 0 Å². The SMILES string of the molecule is Cc1ccc(N(C)c2ccc(C)cc2)cc1.[CH3-]. The number of aryl methyl sites for hydroxylation is 2. The van der Waals surface area contributed by atoms with Gasteiger partial charge in [-0.05, 0) is 38.1 Å². The summed E-state index contributed by atoms with van der Waals surface area (Å²) >= 11 is 0. The van der Waals surface area contributed by atoms with Gasteiger partial charge in [0.05, 0.1) is 0 Å². The Morgan fingerprint density at radius 2 is 0.941 bits per heavy atom. The summed E-state index contributed by atoms with van der Waals surface area (Å²) in [6.07, 6.45) is 0. The molecule has 0 aliphatic heterocycles. The van der Waals surface area contributed by atoms with Gasteiger partial charge in [0.25, 0.3) is 0 Å². The number of anilines is 2. The largest absolute Gasteiger partial charge is 0.358 e. The maximum Gasteiger partial charge on any atom is 0.0408 e. The molecule has 0 bridgehead atoms. The van der Waals surface area contributed by atoms with Crippen molar-refractivity contribution in [2.24, 2.45) is 0 Å². The van der Waals surface area contributed by atoms with Crippen LogP contribution in [0.5, 0.6) is 0 Å². The van der Waals surface area contributed by atoms with E-state index in [1.54, 1.807) is 0 Å². The third-order valence-electron chi connectivity index (χ3n) is 2.84. The van der Waals surface area contributed by atoms with Crippen molar-refractivity contribution in [1.29, 1.82) is 0 Å². The molecule has 0 aromatic heterocycles. The first-order valence-electron chi connectivity index (χ1n) is 5.54. The molecular formula is C16H20N-. The standard InChI is InChI=1S/C15H17N.CH3/c1-12-4-8-14(9-5-12)16(3)15-10-6-13(2)7-11-15;/h4-11H,1-3H3;1H3/q;-1. The highest BCUT2D eigenvalue weighted by Gasteiger charge is 2.02. The first-order chi connectivity index (χ1) is 7.66. The minimum absolute atomic E-state index is 0. The molecule has 0 amide bonds.